The van der Waals surface area contributed by atoms with Crippen molar-refractivity contribution in [2.75, 3.05) is 31.5 Å². The van der Waals surface area contributed by atoms with E-state index in [0.717, 1.165) is 36.9 Å². The van der Waals surface area contributed by atoms with Crippen molar-refractivity contribution in [3.8, 4) is 0 Å². The first-order valence-electron chi connectivity index (χ1n) is 11.0. The van der Waals surface area contributed by atoms with Crippen LogP contribution in [-0.4, -0.2) is 72.3 Å². The lowest BCUT2D eigenvalue weighted by atomic mass is 9.89. The molecule has 1 aromatic carbocycles. The van der Waals surface area contributed by atoms with Gasteiger partial charge in [-0.3, -0.25) is 14.5 Å². The van der Waals surface area contributed by atoms with Gasteiger partial charge in [0.1, 0.15) is 11.9 Å². The Morgan fingerprint density at radius 3 is 2.58 bits per heavy atom. The van der Waals surface area contributed by atoms with E-state index in [9.17, 15) is 22.8 Å². The molecule has 1 aliphatic carbocycles. The number of nitrogens with one attached hydrogen (secondary N) is 2. The van der Waals surface area contributed by atoms with Gasteiger partial charge in [0.05, 0.1) is 0 Å². The topological polar surface area (TPSA) is 64.7 Å². The van der Waals surface area contributed by atoms with Crippen LogP contribution in [0.1, 0.15) is 36.8 Å². The predicted octanol–water partition coefficient (Wildman–Crippen LogP) is 2.31. The average Bonchev–Trinajstić information content (AvgIpc) is 3.23. The fourth-order valence-electron chi connectivity index (χ4n) is 5.10. The lowest BCUT2D eigenvalue weighted by Gasteiger charge is -2.42. The van der Waals surface area contributed by atoms with Gasteiger partial charge < -0.3 is 15.5 Å². The van der Waals surface area contributed by atoms with E-state index in [2.05, 4.69) is 15.5 Å². The first kappa shape index (κ1) is 21.9. The summed E-state index contributed by atoms with van der Waals surface area (Å²) in [5, 5.41) is 6.30. The molecule has 2 amide bonds. The fraction of sp³-hybridized carbons (Fsp3) is 0.636. The minimum Gasteiger partial charge on any atom is -0.373 e. The number of carbonyl (C=O) groups excluding carboxylic acids is 2. The number of anilines is 1. The number of hydrogen-bond acceptors (Lipinski definition) is 4. The number of hydrogen-bond donors (Lipinski definition) is 2. The Morgan fingerprint density at radius 2 is 1.90 bits per heavy atom. The van der Waals surface area contributed by atoms with Gasteiger partial charge in [0.15, 0.2) is 0 Å². The molecule has 0 spiro atoms. The molecule has 9 heteroatoms. The van der Waals surface area contributed by atoms with Crippen molar-refractivity contribution in [3.05, 3.63) is 29.1 Å². The van der Waals surface area contributed by atoms with E-state index in [4.69, 9.17) is 0 Å². The Hall–Kier alpha value is -2.29. The van der Waals surface area contributed by atoms with Gasteiger partial charge in [-0.1, -0.05) is 6.07 Å². The monoisotopic (exact) mass is 438 g/mol. The third-order valence-corrected chi connectivity index (χ3v) is 6.83. The molecule has 1 saturated carbocycles. The van der Waals surface area contributed by atoms with Crippen molar-refractivity contribution in [2.45, 2.75) is 63.6 Å². The summed E-state index contributed by atoms with van der Waals surface area (Å²) in [4.78, 5) is 27.8. The van der Waals surface area contributed by atoms with Crippen LogP contribution in [0.3, 0.4) is 0 Å². The van der Waals surface area contributed by atoms with Crippen molar-refractivity contribution in [3.63, 3.8) is 0 Å². The van der Waals surface area contributed by atoms with Crippen molar-refractivity contribution >= 4 is 17.5 Å². The third-order valence-electron chi connectivity index (χ3n) is 6.83. The Morgan fingerprint density at radius 1 is 1.16 bits per heavy atom. The van der Waals surface area contributed by atoms with Gasteiger partial charge in [-0.05, 0) is 44.2 Å². The molecule has 2 aliphatic heterocycles. The number of fused-ring (bicyclic) bond motifs is 1. The molecule has 170 valence electrons. The summed E-state index contributed by atoms with van der Waals surface area (Å²) in [6, 6.07) is 2.97. The maximum absolute atomic E-state index is 14.1. The zero-order valence-electron chi connectivity index (χ0n) is 17.7. The number of carbonyl (C=O) groups is 2. The van der Waals surface area contributed by atoms with Gasteiger partial charge in [-0.15, -0.1) is 0 Å². The van der Waals surface area contributed by atoms with E-state index in [0.29, 0.717) is 38.2 Å². The number of aryl methyl sites for hydroxylation is 1. The third kappa shape index (κ3) is 4.66. The second-order valence-electron chi connectivity index (χ2n) is 8.81. The highest BCUT2D eigenvalue weighted by Gasteiger charge is 2.35. The molecular formula is C22H29F3N4O2. The number of rotatable bonds is 4. The largest absolute Gasteiger partial charge is 0.373 e. The SMILES string of the molecule is Cc1ccc(F)c2c1NC(C(=O)N[C@@H]1CCC[C@@H](N3CCN(C(=O)C(F)F)CC3)C1)C2. The number of alkyl halides is 2. The first-order valence-corrected chi connectivity index (χ1v) is 11.0. The molecule has 2 N–H and O–H groups in total. The minimum atomic E-state index is -2.95. The Bertz CT molecular complexity index is 811. The molecule has 6 nitrogen and oxygen atoms in total. The maximum Gasteiger partial charge on any atom is 0.315 e. The quantitative estimate of drug-likeness (QED) is 0.757. The van der Waals surface area contributed by atoms with Crippen LogP contribution < -0.4 is 10.6 Å². The number of amides is 2. The van der Waals surface area contributed by atoms with Crippen molar-refractivity contribution in [1.82, 2.24) is 15.1 Å². The second kappa shape index (κ2) is 9.06. The van der Waals surface area contributed by atoms with Crippen LogP contribution in [0.4, 0.5) is 18.9 Å². The molecule has 3 atom stereocenters. The molecule has 4 rings (SSSR count). The standard InChI is InChI=1S/C22H29F3N4O2/c1-13-5-6-17(23)16-12-18(27-19(13)16)21(30)26-14-3-2-4-15(11-14)28-7-9-29(10-8-28)22(31)20(24)25/h5-6,14-15,18,20,27H,2-4,7-12H2,1H3,(H,26,30)/t14-,15-,18?/m1/s1. The van der Waals surface area contributed by atoms with Crippen LogP contribution >= 0.6 is 0 Å². The van der Waals surface area contributed by atoms with Crippen LogP contribution in [0.25, 0.3) is 0 Å². The lowest BCUT2D eigenvalue weighted by molar-refractivity contribution is -0.145. The fourth-order valence-corrected chi connectivity index (χ4v) is 5.10. The summed E-state index contributed by atoms with van der Waals surface area (Å²) in [6.07, 6.45) is 1.03. The van der Waals surface area contributed by atoms with E-state index >= 15 is 0 Å². The summed E-state index contributed by atoms with van der Waals surface area (Å²) >= 11 is 0. The number of piperazine rings is 1. The summed E-state index contributed by atoms with van der Waals surface area (Å²) in [5.41, 5.74) is 2.21. The highest BCUT2D eigenvalue weighted by atomic mass is 19.3. The van der Waals surface area contributed by atoms with Crippen LogP contribution in [0, 0.1) is 12.7 Å². The Balaban J connectivity index is 1.29. The van der Waals surface area contributed by atoms with Crippen LogP contribution in [0.15, 0.2) is 12.1 Å². The molecule has 2 fully saturated rings. The molecule has 1 aromatic rings. The Kier molecular flexibility index (Phi) is 6.41. The maximum atomic E-state index is 14.1. The van der Waals surface area contributed by atoms with Crippen molar-refractivity contribution in [2.24, 2.45) is 0 Å². The molecular weight excluding hydrogens is 409 g/mol. The molecule has 2 heterocycles. The lowest BCUT2D eigenvalue weighted by Crippen LogP contribution is -2.55. The zero-order valence-corrected chi connectivity index (χ0v) is 17.7. The number of halogens is 3. The van der Waals surface area contributed by atoms with Gasteiger partial charge in [-0.2, -0.15) is 8.78 Å². The van der Waals surface area contributed by atoms with Crippen LogP contribution in [-0.2, 0) is 16.0 Å². The van der Waals surface area contributed by atoms with Gasteiger partial charge >= 0.3 is 6.43 Å². The average molecular weight is 438 g/mol. The molecule has 1 unspecified atom stereocenters. The smallest absolute Gasteiger partial charge is 0.315 e. The summed E-state index contributed by atoms with van der Waals surface area (Å²) in [7, 11) is 0. The van der Waals surface area contributed by atoms with E-state index in [1.54, 1.807) is 6.07 Å². The van der Waals surface area contributed by atoms with Crippen molar-refractivity contribution in [1.29, 1.82) is 0 Å². The van der Waals surface area contributed by atoms with Gasteiger partial charge in [0.2, 0.25) is 5.91 Å². The van der Waals surface area contributed by atoms with Gasteiger partial charge in [0.25, 0.3) is 5.91 Å². The molecule has 0 bridgehead atoms. The number of benzene rings is 1. The normalized spacial score (nSPS) is 26.5. The zero-order chi connectivity index (χ0) is 22.1. The van der Waals surface area contributed by atoms with Gasteiger partial charge in [0, 0.05) is 55.9 Å². The molecule has 0 aromatic heterocycles. The minimum absolute atomic E-state index is 0.0310. The van der Waals surface area contributed by atoms with Crippen LogP contribution in [0.5, 0.6) is 0 Å². The van der Waals surface area contributed by atoms with E-state index in [1.165, 1.54) is 11.0 Å². The number of nitrogens with zero attached hydrogens (tertiary/aromatic N) is 2. The summed E-state index contributed by atoms with van der Waals surface area (Å²) < 4.78 is 39.4. The predicted molar refractivity (Wildman–Crippen MR) is 111 cm³/mol. The summed E-state index contributed by atoms with van der Waals surface area (Å²) in [6.45, 7) is 3.66. The first-order chi connectivity index (χ1) is 14.8. The highest BCUT2D eigenvalue weighted by molar-refractivity contribution is 5.88. The summed E-state index contributed by atoms with van der Waals surface area (Å²) in [5.74, 6) is -1.50. The van der Waals surface area contributed by atoms with Gasteiger partial charge in [-0.25, -0.2) is 4.39 Å². The van der Waals surface area contributed by atoms with E-state index in [-0.39, 0.29) is 23.8 Å². The second-order valence-corrected chi connectivity index (χ2v) is 8.81. The highest BCUT2D eigenvalue weighted by Crippen LogP contribution is 2.32. The molecule has 1 saturated heterocycles. The molecule has 31 heavy (non-hydrogen) atoms. The van der Waals surface area contributed by atoms with Crippen LogP contribution in [0.2, 0.25) is 0 Å². The molecule has 3 aliphatic rings. The van der Waals surface area contributed by atoms with E-state index in [1.807, 2.05) is 6.92 Å². The van der Waals surface area contributed by atoms with Crippen molar-refractivity contribution < 1.29 is 22.8 Å². The van der Waals surface area contributed by atoms with E-state index < -0.39 is 18.4 Å². The molecule has 0 radical (unpaired) electrons. The Labute approximate surface area is 180 Å².